The van der Waals surface area contributed by atoms with Crippen molar-refractivity contribution in [3.8, 4) is 40.5 Å². The Kier molecular flexibility index (Phi) is 6.41. The first-order valence-corrected chi connectivity index (χ1v) is 11.9. The zero-order valence-corrected chi connectivity index (χ0v) is 19.2. The molecule has 0 amide bonds. The molecule has 0 aliphatic rings. The lowest BCUT2D eigenvalue weighted by Gasteiger charge is -2.14. The molecule has 1 N–H and O–H groups in total. The molecule has 0 aliphatic heterocycles. The summed E-state index contributed by atoms with van der Waals surface area (Å²) < 4.78 is 42.7. The average Bonchev–Trinajstić information content (AvgIpc) is 3.36. The van der Waals surface area contributed by atoms with E-state index in [-0.39, 0.29) is 21.3 Å². The van der Waals surface area contributed by atoms with E-state index in [0.29, 0.717) is 22.6 Å². The lowest BCUT2D eigenvalue weighted by atomic mass is 10.0. The van der Waals surface area contributed by atoms with Crippen LogP contribution in [0, 0.1) is 22.7 Å². The highest BCUT2D eigenvalue weighted by Crippen LogP contribution is 2.37. The van der Waals surface area contributed by atoms with Gasteiger partial charge in [0.25, 0.3) is 10.0 Å². The lowest BCUT2D eigenvalue weighted by molar-refractivity contribution is 0.413. The number of rotatable bonds is 7. The average molecular weight is 490 g/mol. The highest BCUT2D eigenvalue weighted by Gasteiger charge is 2.19. The van der Waals surface area contributed by atoms with Gasteiger partial charge in [0.15, 0.2) is 0 Å². The monoisotopic (exact) mass is 489 g/mol. The summed E-state index contributed by atoms with van der Waals surface area (Å²) in [5.41, 5.74) is 1.87. The molecule has 34 heavy (non-hydrogen) atoms. The minimum absolute atomic E-state index is 0.0346. The number of para-hydroxylation sites is 1. The number of nitrogens with zero attached hydrogens (tertiary/aromatic N) is 4. The molecule has 0 radical (unpaired) electrons. The van der Waals surface area contributed by atoms with Crippen LogP contribution in [0.2, 0.25) is 0 Å². The Bertz CT molecular complexity index is 1540. The normalized spacial score (nSPS) is 10.7. The van der Waals surface area contributed by atoms with Crippen LogP contribution in [0.3, 0.4) is 0 Å². The third kappa shape index (κ3) is 4.66. The van der Waals surface area contributed by atoms with Crippen molar-refractivity contribution < 1.29 is 17.9 Å². The quantitative estimate of drug-likeness (QED) is 0.399. The number of aromatic nitrogens is 2. The molecule has 0 unspecified atom stereocenters. The van der Waals surface area contributed by atoms with Gasteiger partial charge < -0.3 is 9.47 Å². The van der Waals surface area contributed by atoms with Crippen LogP contribution in [-0.2, 0) is 10.0 Å². The van der Waals surface area contributed by atoms with E-state index in [9.17, 15) is 18.9 Å². The van der Waals surface area contributed by atoms with Crippen LogP contribution in [0.15, 0.2) is 71.9 Å². The molecule has 0 saturated heterocycles. The maximum absolute atomic E-state index is 12.6. The molecule has 11 heteroatoms. The zero-order chi connectivity index (χ0) is 24.1. The van der Waals surface area contributed by atoms with Crippen LogP contribution in [0.25, 0.3) is 11.1 Å². The van der Waals surface area contributed by atoms with E-state index in [2.05, 4.69) is 20.1 Å². The van der Waals surface area contributed by atoms with Gasteiger partial charge in [-0.15, -0.1) is 0 Å². The standard InChI is InChI=1S/C23H15N5O4S2/c1-31-22-11-15(6-7-16(22)12-24)19-4-2-3-5-21(19)32-20-9-8-18(10-17(20)13-25)34(29,30)28-23-26-14-27-33-23/h2-11,14H,1H3,(H,26,27,28). The van der Waals surface area contributed by atoms with Gasteiger partial charge in [-0.2, -0.15) is 14.9 Å². The molecule has 3 aromatic carbocycles. The van der Waals surface area contributed by atoms with Crippen molar-refractivity contribution in [2.45, 2.75) is 4.90 Å². The predicted molar refractivity (Wildman–Crippen MR) is 125 cm³/mol. The topological polar surface area (TPSA) is 138 Å². The minimum atomic E-state index is -3.96. The Morgan fingerprint density at radius 1 is 0.941 bits per heavy atom. The number of benzene rings is 3. The molecule has 9 nitrogen and oxygen atoms in total. The molecule has 0 aliphatic carbocycles. The number of methoxy groups -OCH3 is 1. The van der Waals surface area contributed by atoms with E-state index in [1.54, 1.807) is 30.3 Å². The first kappa shape index (κ1) is 22.7. The Morgan fingerprint density at radius 2 is 1.74 bits per heavy atom. The molecule has 0 saturated carbocycles. The lowest BCUT2D eigenvalue weighted by Crippen LogP contribution is -2.13. The van der Waals surface area contributed by atoms with Crippen molar-refractivity contribution in [3.05, 3.63) is 78.1 Å². The van der Waals surface area contributed by atoms with Crippen LogP contribution >= 0.6 is 11.5 Å². The van der Waals surface area contributed by atoms with Gasteiger partial charge in [-0.25, -0.2) is 13.4 Å². The molecule has 168 valence electrons. The summed E-state index contributed by atoms with van der Waals surface area (Å²) in [7, 11) is -2.48. The molecular formula is C23H15N5O4S2. The highest BCUT2D eigenvalue weighted by molar-refractivity contribution is 7.93. The second-order valence-corrected chi connectivity index (χ2v) is 9.21. The van der Waals surface area contributed by atoms with Gasteiger partial charge >= 0.3 is 0 Å². The summed E-state index contributed by atoms with van der Waals surface area (Å²) in [6.07, 6.45) is 1.24. The van der Waals surface area contributed by atoms with Gasteiger partial charge in [0, 0.05) is 17.1 Å². The van der Waals surface area contributed by atoms with Gasteiger partial charge in [0.05, 0.1) is 23.1 Å². The fraction of sp³-hybridized carbons (Fsp3) is 0.0435. The Balaban J connectivity index is 1.68. The zero-order valence-electron chi connectivity index (χ0n) is 17.6. The molecule has 1 heterocycles. The van der Waals surface area contributed by atoms with Gasteiger partial charge in [-0.1, -0.05) is 24.3 Å². The summed E-state index contributed by atoms with van der Waals surface area (Å²) in [6.45, 7) is 0. The predicted octanol–water partition coefficient (Wildman–Crippen LogP) is 4.55. The van der Waals surface area contributed by atoms with Crippen LogP contribution in [0.1, 0.15) is 11.1 Å². The van der Waals surface area contributed by atoms with Gasteiger partial charge in [0.1, 0.15) is 35.7 Å². The maximum Gasteiger partial charge on any atom is 0.263 e. The van der Waals surface area contributed by atoms with Crippen LogP contribution in [-0.4, -0.2) is 24.9 Å². The third-order valence-electron chi connectivity index (χ3n) is 4.70. The molecule has 0 atom stereocenters. The molecule has 4 rings (SSSR count). The largest absolute Gasteiger partial charge is 0.495 e. The van der Waals surface area contributed by atoms with E-state index in [1.165, 1.54) is 31.6 Å². The van der Waals surface area contributed by atoms with Crippen molar-refractivity contribution in [1.29, 1.82) is 10.5 Å². The number of ether oxygens (including phenoxy) is 2. The maximum atomic E-state index is 12.6. The van der Waals surface area contributed by atoms with E-state index in [0.717, 1.165) is 17.1 Å². The first-order chi connectivity index (χ1) is 16.4. The Labute approximate surface area is 199 Å². The van der Waals surface area contributed by atoms with Crippen molar-refractivity contribution >= 4 is 26.7 Å². The number of sulfonamides is 1. The second kappa shape index (κ2) is 9.58. The molecule has 4 aromatic rings. The number of nitrogens with one attached hydrogen (secondary N) is 1. The van der Waals surface area contributed by atoms with Crippen LogP contribution in [0.4, 0.5) is 5.13 Å². The molecule has 0 fully saturated rings. The number of anilines is 1. The number of hydrogen-bond acceptors (Lipinski definition) is 9. The summed E-state index contributed by atoms with van der Waals surface area (Å²) in [6, 6.07) is 20.3. The van der Waals surface area contributed by atoms with Gasteiger partial charge in [-0.05, 0) is 42.0 Å². The van der Waals surface area contributed by atoms with E-state index in [4.69, 9.17) is 9.47 Å². The highest BCUT2D eigenvalue weighted by atomic mass is 32.2. The molecule has 0 spiro atoms. The second-order valence-electron chi connectivity index (χ2n) is 6.75. The van der Waals surface area contributed by atoms with Crippen molar-refractivity contribution in [3.63, 3.8) is 0 Å². The SMILES string of the molecule is COc1cc(-c2ccccc2Oc2ccc(S(=O)(=O)Nc3ncns3)cc2C#N)ccc1C#N. The summed E-state index contributed by atoms with van der Waals surface area (Å²) >= 11 is 0.896. The molecular weight excluding hydrogens is 474 g/mol. The van der Waals surface area contributed by atoms with E-state index in [1.807, 2.05) is 18.2 Å². The van der Waals surface area contributed by atoms with Crippen molar-refractivity contribution in [2.75, 3.05) is 11.8 Å². The van der Waals surface area contributed by atoms with E-state index < -0.39 is 10.0 Å². The molecule has 1 aromatic heterocycles. The molecule has 0 bridgehead atoms. The Morgan fingerprint density at radius 3 is 2.44 bits per heavy atom. The number of nitriles is 2. The Hall–Kier alpha value is -4.45. The van der Waals surface area contributed by atoms with Gasteiger partial charge in [0.2, 0.25) is 5.13 Å². The number of hydrogen-bond donors (Lipinski definition) is 1. The fourth-order valence-corrected chi connectivity index (χ4v) is 4.80. The van der Waals surface area contributed by atoms with Gasteiger partial charge in [-0.3, -0.25) is 4.72 Å². The summed E-state index contributed by atoms with van der Waals surface area (Å²) in [4.78, 5) is 3.69. The fourth-order valence-electron chi connectivity index (χ4n) is 3.11. The summed E-state index contributed by atoms with van der Waals surface area (Å²) in [5.74, 6) is 1.05. The summed E-state index contributed by atoms with van der Waals surface area (Å²) in [5, 5.41) is 19.0. The van der Waals surface area contributed by atoms with Crippen LogP contribution < -0.4 is 14.2 Å². The smallest absolute Gasteiger partial charge is 0.263 e. The van der Waals surface area contributed by atoms with Crippen molar-refractivity contribution in [2.24, 2.45) is 0 Å². The minimum Gasteiger partial charge on any atom is -0.495 e. The third-order valence-corrected chi connectivity index (χ3v) is 6.75. The van der Waals surface area contributed by atoms with E-state index >= 15 is 0 Å². The first-order valence-electron chi connectivity index (χ1n) is 9.64. The van der Waals surface area contributed by atoms with Crippen molar-refractivity contribution in [1.82, 2.24) is 9.36 Å². The van der Waals surface area contributed by atoms with Crippen LogP contribution in [0.5, 0.6) is 17.2 Å².